The van der Waals surface area contributed by atoms with Gasteiger partial charge >= 0.3 is 5.97 Å². The van der Waals surface area contributed by atoms with Crippen LogP contribution in [0.25, 0.3) is 10.2 Å². The van der Waals surface area contributed by atoms with Crippen LogP contribution >= 0.6 is 11.3 Å². The van der Waals surface area contributed by atoms with Crippen LogP contribution in [-0.2, 0) is 9.53 Å². The summed E-state index contributed by atoms with van der Waals surface area (Å²) in [5.41, 5.74) is 8.60. The quantitative estimate of drug-likeness (QED) is 0.644. The molecule has 3 N–H and O–H groups in total. The van der Waals surface area contributed by atoms with E-state index in [1.54, 1.807) is 25.1 Å². The van der Waals surface area contributed by atoms with Crippen LogP contribution in [0.3, 0.4) is 0 Å². The highest BCUT2D eigenvalue weighted by molar-refractivity contribution is 7.22. The molecule has 3 aromatic rings. The maximum absolute atomic E-state index is 12.3. The summed E-state index contributed by atoms with van der Waals surface area (Å²) in [6.45, 7) is 5.75. The fourth-order valence-corrected chi connectivity index (χ4v) is 3.32. The van der Waals surface area contributed by atoms with Crippen LogP contribution in [-0.4, -0.2) is 23.0 Å². The van der Waals surface area contributed by atoms with Crippen LogP contribution in [0, 0.1) is 0 Å². The zero-order valence-electron chi connectivity index (χ0n) is 15.4. The minimum Gasteiger partial charge on any atom is -0.449 e. The average Bonchev–Trinajstić information content (AvgIpc) is 3.01. The van der Waals surface area contributed by atoms with Crippen molar-refractivity contribution < 1.29 is 14.3 Å². The number of thiazole rings is 1. The molecule has 0 bridgehead atoms. The maximum Gasteiger partial charge on any atom is 0.338 e. The fraction of sp³-hybridized carbons (Fsp3) is 0.250. The van der Waals surface area contributed by atoms with Crippen molar-refractivity contribution in [3.8, 4) is 0 Å². The monoisotopic (exact) mass is 383 g/mol. The molecule has 0 radical (unpaired) electrons. The van der Waals surface area contributed by atoms with Gasteiger partial charge in [-0.1, -0.05) is 37.3 Å². The van der Waals surface area contributed by atoms with Gasteiger partial charge in [-0.25, -0.2) is 9.78 Å². The van der Waals surface area contributed by atoms with Crippen molar-refractivity contribution in [2.45, 2.75) is 32.8 Å². The van der Waals surface area contributed by atoms with Gasteiger partial charge in [0, 0.05) is 5.69 Å². The number of amides is 1. The Morgan fingerprint density at radius 3 is 2.48 bits per heavy atom. The number of hydrogen-bond donors (Lipinski definition) is 2. The van der Waals surface area contributed by atoms with E-state index in [-0.39, 0.29) is 5.91 Å². The molecule has 27 heavy (non-hydrogen) atoms. The van der Waals surface area contributed by atoms with Crippen molar-refractivity contribution in [3.05, 3.63) is 53.6 Å². The Hall–Kier alpha value is -2.93. The normalized spacial score (nSPS) is 12.1. The van der Waals surface area contributed by atoms with Crippen molar-refractivity contribution in [3.63, 3.8) is 0 Å². The summed E-state index contributed by atoms with van der Waals surface area (Å²) in [7, 11) is 0. The molecule has 1 aromatic heterocycles. The van der Waals surface area contributed by atoms with Crippen molar-refractivity contribution in [1.29, 1.82) is 0 Å². The number of nitrogens with one attached hydrogen (secondary N) is 1. The van der Waals surface area contributed by atoms with Gasteiger partial charge in [-0.3, -0.25) is 4.79 Å². The maximum atomic E-state index is 12.3. The van der Waals surface area contributed by atoms with E-state index in [0.29, 0.717) is 22.3 Å². The highest BCUT2D eigenvalue weighted by Gasteiger charge is 2.19. The summed E-state index contributed by atoms with van der Waals surface area (Å²) in [5, 5.41) is 3.19. The van der Waals surface area contributed by atoms with Crippen molar-refractivity contribution >= 4 is 44.2 Å². The van der Waals surface area contributed by atoms with E-state index in [0.717, 1.165) is 10.2 Å². The number of nitrogens with two attached hydrogens (primary N) is 1. The van der Waals surface area contributed by atoms with Gasteiger partial charge in [0.25, 0.3) is 5.91 Å². The van der Waals surface area contributed by atoms with Gasteiger partial charge in [0.1, 0.15) is 0 Å². The van der Waals surface area contributed by atoms with Crippen LogP contribution < -0.4 is 11.1 Å². The first-order valence-corrected chi connectivity index (χ1v) is 9.43. The number of aromatic nitrogens is 1. The number of nitrogens with zero attached hydrogens (tertiary/aromatic N) is 1. The third kappa shape index (κ3) is 4.43. The van der Waals surface area contributed by atoms with Crippen LogP contribution in [0.4, 0.5) is 10.8 Å². The highest BCUT2D eigenvalue weighted by atomic mass is 32.1. The lowest BCUT2D eigenvalue weighted by Gasteiger charge is -2.14. The van der Waals surface area contributed by atoms with Crippen LogP contribution in [0.2, 0.25) is 0 Å². The Balaban J connectivity index is 1.63. The van der Waals surface area contributed by atoms with Crippen LogP contribution in [0.5, 0.6) is 0 Å². The number of carbonyl (C=O) groups is 2. The second-order valence-electron chi connectivity index (χ2n) is 6.55. The first-order chi connectivity index (χ1) is 12.8. The molecule has 0 fully saturated rings. The number of carbonyl (C=O) groups excluding carboxylic acids is 2. The minimum absolute atomic E-state index is 0.354. The molecule has 0 spiro atoms. The highest BCUT2D eigenvalue weighted by Crippen LogP contribution is 2.25. The molecule has 1 amide bonds. The molecular formula is C20H21N3O3S. The zero-order valence-corrected chi connectivity index (χ0v) is 16.2. The van der Waals surface area contributed by atoms with E-state index in [9.17, 15) is 9.59 Å². The van der Waals surface area contributed by atoms with E-state index >= 15 is 0 Å². The summed E-state index contributed by atoms with van der Waals surface area (Å²) in [6.07, 6.45) is -0.926. The topological polar surface area (TPSA) is 94.3 Å². The predicted molar refractivity (Wildman–Crippen MR) is 108 cm³/mol. The molecule has 0 aliphatic heterocycles. The summed E-state index contributed by atoms with van der Waals surface area (Å²) in [5.74, 6) is -0.536. The van der Waals surface area contributed by atoms with E-state index in [1.165, 1.54) is 16.9 Å². The van der Waals surface area contributed by atoms with Gasteiger partial charge in [-0.15, -0.1) is 0 Å². The summed E-state index contributed by atoms with van der Waals surface area (Å²) in [6, 6.07) is 12.6. The molecule has 6 nitrogen and oxygen atoms in total. The summed E-state index contributed by atoms with van der Waals surface area (Å²) in [4.78, 5) is 28.8. The van der Waals surface area contributed by atoms with Gasteiger partial charge in [-0.05, 0) is 48.7 Å². The lowest BCUT2D eigenvalue weighted by Crippen LogP contribution is -2.30. The number of ether oxygens (including phenoxy) is 1. The molecule has 7 heteroatoms. The third-order valence-electron chi connectivity index (χ3n) is 4.14. The molecule has 0 unspecified atom stereocenters. The smallest absolute Gasteiger partial charge is 0.338 e. The molecule has 3 rings (SSSR count). The Morgan fingerprint density at radius 2 is 1.81 bits per heavy atom. The minimum atomic E-state index is -0.926. The van der Waals surface area contributed by atoms with Gasteiger partial charge in [0.05, 0.1) is 15.8 Å². The molecule has 1 atom stereocenters. The second-order valence-corrected chi connectivity index (χ2v) is 7.61. The molecule has 0 aliphatic carbocycles. The standard InChI is InChI=1S/C20H21N3O3S/c1-11(2)13-4-7-15(8-5-13)22-18(24)12(3)26-19(25)14-6-9-16-17(10-14)27-20(21)23-16/h4-12H,1-3H3,(H2,21,23)(H,22,24)/t12-/m1/s1. The molecule has 140 valence electrons. The molecule has 0 saturated heterocycles. The van der Waals surface area contributed by atoms with Crippen LogP contribution in [0.1, 0.15) is 42.6 Å². The van der Waals surface area contributed by atoms with Crippen molar-refractivity contribution in [2.24, 2.45) is 0 Å². The summed E-state index contributed by atoms with van der Waals surface area (Å²) >= 11 is 1.29. The second kappa shape index (κ2) is 7.75. The Labute approximate surface area is 161 Å². The molecule has 0 aliphatic rings. The first-order valence-electron chi connectivity index (χ1n) is 8.61. The number of anilines is 2. The third-order valence-corrected chi connectivity index (χ3v) is 4.99. The number of fused-ring (bicyclic) bond motifs is 1. The number of hydrogen-bond acceptors (Lipinski definition) is 6. The first kappa shape index (κ1) is 18.8. The van der Waals surface area contributed by atoms with E-state index in [4.69, 9.17) is 10.5 Å². The average molecular weight is 383 g/mol. The van der Waals surface area contributed by atoms with Crippen molar-refractivity contribution in [1.82, 2.24) is 4.98 Å². The number of nitrogen functional groups attached to an aromatic ring is 1. The Morgan fingerprint density at radius 1 is 1.11 bits per heavy atom. The number of rotatable bonds is 5. The molecule has 1 heterocycles. The Bertz CT molecular complexity index is 980. The molecular weight excluding hydrogens is 362 g/mol. The van der Waals surface area contributed by atoms with Crippen molar-refractivity contribution in [2.75, 3.05) is 11.1 Å². The lowest BCUT2D eigenvalue weighted by molar-refractivity contribution is -0.123. The zero-order chi connectivity index (χ0) is 19.6. The molecule has 0 saturated carbocycles. The predicted octanol–water partition coefficient (Wildman–Crippen LogP) is 4.19. The van der Waals surface area contributed by atoms with Crippen LogP contribution in [0.15, 0.2) is 42.5 Å². The summed E-state index contributed by atoms with van der Waals surface area (Å²) < 4.78 is 6.09. The SMILES string of the molecule is CC(C)c1ccc(NC(=O)[C@@H](C)OC(=O)c2ccc3nc(N)sc3c2)cc1. The van der Waals surface area contributed by atoms with Gasteiger partial charge < -0.3 is 15.8 Å². The van der Waals surface area contributed by atoms with Gasteiger partial charge in [-0.2, -0.15) is 0 Å². The number of benzene rings is 2. The van der Waals surface area contributed by atoms with E-state index in [2.05, 4.69) is 24.1 Å². The largest absolute Gasteiger partial charge is 0.449 e. The Kier molecular flexibility index (Phi) is 5.41. The van der Waals surface area contributed by atoms with Gasteiger partial charge in [0.15, 0.2) is 11.2 Å². The lowest BCUT2D eigenvalue weighted by atomic mass is 10.0. The molecule has 2 aromatic carbocycles. The van der Waals surface area contributed by atoms with E-state index in [1.807, 2.05) is 24.3 Å². The van der Waals surface area contributed by atoms with Gasteiger partial charge in [0.2, 0.25) is 0 Å². The fourth-order valence-electron chi connectivity index (χ4n) is 2.55. The number of esters is 1. The van der Waals surface area contributed by atoms with E-state index < -0.39 is 12.1 Å².